The topological polar surface area (TPSA) is 66.5 Å². The number of amides is 1. The number of nitrogens with one attached hydrogen (secondary N) is 1. The molecule has 0 saturated carbocycles. The summed E-state index contributed by atoms with van der Waals surface area (Å²) in [6.45, 7) is 1.17. The maximum Gasteiger partial charge on any atom is 0.248 e. The number of benzene rings is 2. The van der Waals surface area contributed by atoms with Crippen molar-refractivity contribution >= 4 is 27.7 Å². The van der Waals surface area contributed by atoms with Crippen LogP contribution in [0.25, 0.3) is 6.08 Å². The molecule has 6 heteroatoms. The molecule has 1 aliphatic heterocycles. The van der Waals surface area contributed by atoms with Crippen LogP contribution in [0.2, 0.25) is 0 Å². The van der Waals surface area contributed by atoms with Gasteiger partial charge in [-0.3, -0.25) is 4.79 Å². The van der Waals surface area contributed by atoms with E-state index in [1.54, 1.807) is 34.6 Å². The number of rotatable bonds is 5. The Hall–Kier alpha value is -2.44. The Bertz CT molecular complexity index is 883. The lowest BCUT2D eigenvalue weighted by Crippen LogP contribution is -2.31. The summed E-state index contributed by atoms with van der Waals surface area (Å²) in [5.41, 5.74) is 1.50. The van der Waals surface area contributed by atoms with Crippen molar-refractivity contribution in [2.45, 2.75) is 30.6 Å². The summed E-state index contributed by atoms with van der Waals surface area (Å²) in [4.78, 5) is 12.3. The van der Waals surface area contributed by atoms with E-state index in [0.717, 1.165) is 36.9 Å². The van der Waals surface area contributed by atoms with Crippen LogP contribution >= 0.6 is 0 Å². The Labute approximate surface area is 160 Å². The molecule has 27 heavy (non-hydrogen) atoms. The minimum absolute atomic E-state index is 0.234. The van der Waals surface area contributed by atoms with Crippen LogP contribution in [0.5, 0.6) is 0 Å². The summed E-state index contributed by atoms with van der Waals surface area (Å²) in [6.07, 6.45) is 7.10. The second-order valence-electron chi connectivity index (χ2n) is 6.58. The van der Waals surface area contributed by atoms with Gasteiger partial charge in [0.1, 0.15) is 0 Å². The molecule has 0 aromatic heterocycles. The summed E-state index contributed by atoms with van der Waals surface area (Å²) in [6, 6.07) is 15.9. The van der Waals surface area contributed by atoms with Gasteiger partial charge in [-0.2, -0.15) is 4.31 Å². The molecule has 142 valence electrons. The Balaban J connectivity index is 1.65. The van der Waals surface area contributed by atoms with Crippen molar-refractivity contribution in [3.8, 4) is 0 Å². The molecular formula is C21H24N2O3S. The van der Waals surface area contributed by atoms with Crippen molar-refractivity contribution in [3.05, 3.63) is 66.2 Å². The number of anilines is 1. The first-order valence-corrected chi connectivity index (χ1v) is 10.6. The monoisotopic (exact) mass is 384 g/mol. The fourth-order valence-corrected chi connectivity index (χ4v) is 4.58. The van der Waals surface area contributed by atoms with Crippen molar-refractivity contribution in [2.75, 3.05) is 18.4 Å². The van der Waals surface area contributed by atoms with Gasteiger partial charge in [0.2, 0.25) is 15.9 Å². The molecule has 0 atom stereocenters. The highest BCUT2D eigenvalue weighted by molar-refractivity contribution is 7.89. The predicted molar refractivity (Wildman–Crippen MR) is 108 cm³/mol. The lowest BCUT2D eigenvalue weighted by Gasteiger charge is -2.19. The normalized spacial score (nSPS) is 16.1. The number of nitrogens with zero attached hydrogens (tertiary/aromatic N) is 1. The number of carbonyl (C=O) groups is 1. The van der Waals surface area contributed by atoms with Crippen LogP contribution in [0.4, 0.5) is 5.69 Å². The van der Waals surface area contributed by atoms with Gasteiger partial charge in [0, 0.05) is 24.9 Å². The average Bonchev–Trinajstić information content (AvgIpc) is 2.98. The Kier molecular flexibility index (Phi) is 6.42. The van der Waals surface area contributed by atoms with E-state index in [4.69, 9.17) is 0 Å². The quantitative estimate of drug-likeness (QED) is 0.795. The first-order valence-electron chi connectivity index (χ1n) is 9.20. The van der Waals surface area contributed by atoms with E-state index >= 15 is 0 Å². The molecule has 1 heterocycles. The third-order valence-corrected chi connectivity index (χ3v) is 6.46. The van der Waals surface area contributed by atoms with Gasteiger partial charge in [-0.1, -0.05) is 43.2 Å². The van der Waals surface area contributed by atoms with Crippen LogP contribution in [0.15, 0.2) is 65.6 Å². The molecule has 0 unspecified atom stereocenters. The van der Waals surface area contributed by atoms with E-state index in [1.807, 2.05) is 30.3 Å². The fraction of sp³-hybridized carbons (Fsp3) is 0.286. The second kappa shape index (κ2) is 8.97. The lowest BCUT2D eigenvalue weighted by atomic mass is 10.2. The summed E-state index contributed by atoms with van der Waals surface area (Å²) >= 11 is 0. The van der Waals surface area contributed by atoms with E-state index in [2.05, 4.69) is 5.32 Å². The van der Waals surface area contributed by atoms with Gasteiger partial charge < -0.3 is 5.32 Å². The van der Waals surface area contributed by atoms with Gasteiger partial charge in [-0.25, -0.2) is 8.42 Å². The van der Waals surface area contributed by atoms with Crippen LogP contribution in [-0.2, 0) is 14.8 Å². The molecule has 0 radical (unpaired) electrons. The first kappa shape index (κ1) is 19.3. The highest BCUT2D eigenvalue weighted by atomic mass is 32.2. The molecule has 1 N–H and O–H groups in total. The molecule has 1 aliphatic rings. The highest BCUT2D eigenvalue weighted by Crippen LogP contribution is 2.21. The molecule has 2 aromatic carbocycles. The molecule has 0 aliphatic carbocycles. The zero-order valence-corrected chi connectivity index (χ0v) is 16.0. The maximum atomic E-state index is 12.8. The van der Waals surface area contributed by atoms with Crippen molar-refractivity contribution in [3.63, 3.8) is 0 Å². The number of para-hydroxylation sites is 1. The fourth-order valence-electron chi connectivity index (χ4n) is 3.06. The maximum absolute atomic E-state index is 12.8. The van der Waals surface area contributed by atoms with Gasteiger partial charge in [-0.05, 0) is 48.7 Å². The highest BCUT2D eigenvalue weighted by Gasteiger charge is 2.24. The van der Waals surface area contributed by atoms with Gasteiger partial charge in [-0.15, -0.1) is 0 Å². The van der Waals surface area contributed by atoms with Crippen LogP contribution < -0.4 is 5.32 Å². The SMILES string of the molecule is O=C(/C=C/c1ccc(S(=O)(=O)N2CCCCCC2)cc1)Nc1ccccc1. The molecule has 2 aromatic rings. The summed E-state index contributed by atoms with van der Waals surface area (Å²) in [5, 5.41) is 2.77. The lowest BCUT2D eigenvalue weighted by molar-refractivity contribution is -0.111. The standard InChI is InChI=1S/C21H24N2O3S/c24-21(22-19-8-4-3-5-9-19)15-12-18-10-13-20(14-11-18)27(25,26)23-16-6-1-2-7-17-23/h3-5,8-15H,1-2,6-7,16-17H2,(H,22,24)/b15-12+. The smallest absolute Gasteiger partial charge is 0.248 e. The Morgan fingerprint density at radius 1 is 0.889 bits per heavy atom. The minimum atomic E-state index is -3.44. The Morgan fingerprint density at radius 3 is 2.15 bits per heavy atom. The molecule has 5 nitrogen and oxygen atoms in total. The summed E-state index contributed by atoms with van der Waals surface area (Å²) in [5.74, 6) is -0.234. The van der Waals surface area contributed by atoms with Crippen LogP contribution in [0, 0.1) is 0 Å². The zero-order valence-electron chi connectivity index (χ0n) is 15.2. The third-order valence-electron chi connectivity index (χ3n) is 4.55. The second-order valence-corrected chi connectivity index (χ2v) is 8.51. The van der Waals surface area contributed by atoms with Crippen LogP contribution in [0.1, 0.15) is 31.2 Å². The van der Waals surface area contributed by atoms with E-state index in [1.165, 1.54) is 6.08 Å². The summed E-state index contributed by atoms with van der Waals surface area (Å²) in [7, 11) is -3.44. The van der Waals surface area contributed by atoms with Crippen molar-refractivity contribution in [1.29, 1.82) is 0 Å². The molecule has 1 saturated heterocycles. The Morgan fingerprint density at radius 2 is 1.52 bits per heavy atom. The van der Waals surface area contributed by atoms with Crippen LogP contribution in [-0.4, -0.2) is 31.7 Å². The summed E-state index contributed by atoms with van der Waals surface area (Å²) < 4.78 is 27.1. The van der Waals surface area contributed by atoms with E-state index < -0.39 is 10.0 Å². The van der Waals surface area contributed by atoms with Gasteiger partial charge >= 0.3 is 0 Å². The molecule has 1 amide bonds. The number of carbonyl (C=O) groups excluding carboxylic acids is 1. The van der Waals surface area contributed by atoms with E-state index in [-0.39, 0.29) is 5.91 Å². The van der Waals surface area contributed by atoms with Crippen molar-refractivity contribution in [1.82, 2.24) is 4.31 Å². The minimum Gasteiger partial charge on any atom is -0.323 e. The predicted octanol–water partition coefficient (Wildman–Crippen LogP) is 3.90. The number of sulfonamides is 1. The van der Waals surface area contributed by atoms with Gasteiger partial charge in [0.15, 0.2) is 0 Å². The molecule has 0 bridgehead atoms. The zero-order chi connectivity index (χ0) is 19.1. The average molecular weight is 385 g/mol. The van der Waals surface area contributed by atoms with Crippen molar-refractivity contribution < 1.29 is 13.2 Å². The van der Waals surface area contributed by atoms with E-state index in [9.17, 15) is 13.2 Å². The number of hydrogen-bond acceptors (Lipinski definition) is 3. The molecule has 3 rings (SSSR count). The molecular weight excluding hydrogens is 360 g/mol. The van der Waals surface area contributed by atoms with Crippen LogP contribution in [0.3, 0.4) is 0 Å². The third kappa shape index (κ3) is 5.28. The van der Waals surface area contributed by atoms with Gasteiger partial charge in [0.25, 0.3) is 0 Å². The van der Waals surface area contributed by atoms with Crippen molar-refractivity contribution in [2.24, 2.45) is 0 Å². The van der Waals surface area contributed by atoms with Gasteiger partial charge in [0.05, 0.1) is 4.90 Å². The molecule has 0 spiro atoms. The van der Waals surface area contributed by atoms with E-state index in [0.29, 0.717) is 18.0 Å². The number of hydrogen-bond donors (Lipinski definition) is 1. The first-order chi connectivity index (χ1) is 13.1. The molecule has 1 fully saturated rings. The largest absolute Gasteiger partial charge is 0.323 e.